The third-order valence-electron chi connectivity index (χ3n) is 7.01. The lowest BCUT2D eigenvalue weighted by atomic mass is 9.70. The van der Waals surface area contributed by atoms with Gasteiger partial charge in [0, 0.05) is 41.3 Å². The van der Waals surface area contributed by atoms with Crippen LogP contribution in [0.5, 0.6) is 0 Å². The Balaban J connectivity index is 1.66. The van der Waals surface area contributed by atoms with Crippen LogP contribution in [-0.4, -0.2) is 31.4 Å². The summed E-state index contributed by atoms with van der Waals surface area (Å²) >= 11 is 7.56. The van der Waals surface area contributed by atoms with E-state index in [9.17, 15) is 12.8 Å². The monoisotopic (exact) mass is 496 g/mol. The van der Waals surface area contributed by atoms with E-state index in [-0.39, 0.29) is 41.3 Å². The van der Waals surface area contributed by atoms with E-state index in [4.69, 9.17) is 11.6 Å². The lowest BCUT2D eigenvalue weighted by molar-refractivity contribution is 0.131. The molecular formula is C23H23ClF2N2O2S2. The van der Waals surface area contributed by atoms with Crippen LogP contribution in [0.25, 0.3) is 0 Å². The zero-order valence-electron chi connectivity index (χ0n) is 17.2. The van der Waals surface area contributed by atoms with Gasteiger partial charge in [-0.05, 0) is 74.1 Å². The molecule has 1 saturated heterocycles. The van der Waals surface area contributed by atoms with Gasteiger partial charge in [-0.15, -0.1) is 0 Å². The van der Waals surface area contributed by atoms with Gasteiger partial charge in [-0.1, -0.05) is 23.8 Å². The van der Waals surface area contributed by atoms with E-state index >= 15 is 4.39 Å². The normalized spacial score (nSPS) is 30.5. The molecule has 2 aromatic carbocycles. The van der Waals surface area contributed by atoms with E-state index in [1.807, 2.05) is 0 Å². The second kappa shape index (κ2) is 8.40. The highest BCUT2D eigenvalue weighted by Crippen LogP contribution is 2.53. The predicted octanol–water partition coefficient (Wildman–Crippen LogP) is 5.25. The smallest absolute Gasteiger partial charge is 0.188 e. The molecule has 0 spiro atoms. The van der Waals surface area contributed by atoms with Crippen LogP contribution in [0.4, 0.5) is 8.78 Å². The molecule has 3 aliphatic rings. The van der Waals surface area contributed by atoms with Gasteiger partial charge in [0.25, 0.3) is 0 Å². The quantitative estimate of drug-likeness (QED) is 0.464. The summed E-state index contributed by atoms with van der Waals surface area (Å²) in [6, 6.07) is 9.29. The van der Waals surface area contributed by atoms with Crippen molar-refractivity contribution in [1.82, 2.24) is 9.03 Å². The first-order valence-electron chi connectivity index (χ1n) is 10.6. The fourth-order valence-corrected chi connectivity index (χ4v) is 8.81. The van der Waals surface area contributed by atoms with Gasteiger partial charge in [0.2, 0.25) is 0 Å². The largest absolute Gasteiger partial charge is 0.247 e. The van der Waals surface area contributed by atoms with Crippen molar-refractivity contribution in [1.29, 1.82) is 0 Å². The van der Waals surface area contributed by atoms with E-state index in [1.165, 1.54) is 24.3 Å². The van der Waals surface area contributed by atoms with E-state index in [2.05, 4.69) is 21.2 Å². The summed E-state index contributed by atoms with van der Waals surface area (Å²) in [5.74, 6) is -1.37. The number of rotatable bonds is 3. The number of halogens is 3. The fraction of sp³-hybridized carbons (Fsp3) is 0.391. The lowest BCUT2D eigenvalue weighted by Gasteiger charge is -2.52. The van der Waals surface area contributed by atoms with Gasteiger partial charge in [-0.2, -0.15) is 0 Å². The van der Waals surface area contributed by atoms with Crippen molar-refractivity contribution in [3.63, 3.8) is 0 Å². The topological polar surface area (TPSA) is 49.4 Å². The van der Waals surface area contributed by atoms with Crippen molar-refractivity contribution in [3.8, 4) is 0 Å². The minimum absolute atomic E-state index is 0.0281. The van der Waals surface area contributed by atoms with Crippen molar-refractivity contribution >= 4 is 33.6 Å². The molecule has 0 radical (unpaired) electrons. The second-order valence-electron chi connectivity index (χ2n) is 8.67. The second-order valence-corrected chi connectivity index (χ2v) is 12.3. The summed E-state index contributed by atoms with van der Waals surface area (Å²) in [4.78, 5) is 0.0718. The summed E-state index contributed by atoms with van der Waals surface area (Å²) in [5.41, 5.74) is -0.0815. The van der Waals surface area contributed by atoms with E-state index in [1.54, 1.807) is 12.1 Å². The van der Waals surface area contributed by atoms with E-state index in [0.29, 0.717) is 11.4 Å². The number of benzene rings is 2. The van der Waals surface area contributed by atoms with E-state index < -0.39 is 26.2 Å². The Morgan fingerprint density at radius 1 is 1.12 bits per heavy atom. The molecule has 1 N–H and O–H groups in total. The predicted molar refractivity (Wildman–Crippen MR) is 123 cm³/mol. The Labute approximate surface area is 196 Å². The summed E-state index contributed by atoms with van der Waals surface area (Å²) in [6.07, 6.45) is 5.99. The number of nitrogens with one attached hydrogen (secondary N) is 1. The van der Waals surface area contributed by atoms with Gasteiger partial charge >= 0.3 is 0 Å². The molecule has 1 saturated carbocycles. The number of hydrogen-bond donors (Lipinski definition) is 1. The number of sulfone groups is 1. The SMILES string of the molecule is O=S(=O)(c1ccc(Cl)cc1)[C@]1(c2cc(F)ccc2F)CC[C@@H]2NSN3CC=CC[C@@H]3[C@@H]2C1. The van der Waals surface area contributed by atoms with Gasteiger partial charge in [-0.25, -0.2) is 26.2 Å². The Bertz CT molecular complexity index is 1160. The van der Waals surface area contributed by atoms with Crippen molar-refractivity contribution in [3.05, 3.63) is 76.8 Å². The Morgan fingerprint density at radius 3 is 2.69 bits per heavy atom. The van der Waals surface area contributed by atoms with Gasteiger partial charge in [0.15, 0.2) is 9.84 Å². The minimum atomic E-state index is -4.06. The van der Waals surface area contributed by atoms with Crippen LogP contribution in [0, 0.1) is 17.6 Å². The molecule has 0 bridgehead atoms. The molecule has 32 heavy (non-hydrogen) atoms. The number of fused-ring (bicyclic) bond motifs is 3. The summed E-state index contributed by atoms with van der Waals surface area (Å²) in [7, 11) is -4.06. The van der Waals surface area contributed by atoms with E-state index in [0.717, 1.165) is 31.2 Å². The molecule has 2 heterocycles. The average molecular weight is 497 g/mol. The first-order chi connectivity index (χ1) is 15.3. The minimum Gasteiger partial charge on any atom is -0.247 e. The Hall–Kier alpha value is -1.45. The van der Waals surface area contributed by atoms with Crippen LogP contribution in [0.2, 0.25) is 5.02 Å². The van der Waals surface area contributed by atoms with Crippen molar-refractivity contribution in [2.24, 2.45) is 5.92 Å². The van der Waals surface area contributed by atoms with Crippen LogP contribution < -0.4 is 4.72 Å². The zero-order chi connectivity index (χ0) is 22.5. The molecule has 4 nitrogen and oxygen atoms in total. The van der Waals surface area contributed by atoms with Crippen LogP contribution in [0.3, 0.4) is 0 Å². The molecule has 2 aliphatic heterocycles. The van der Waals surface area contributed by atoms with Gasteiger partial charge in [-0.3, -0.25) is 0 Å². The number of hydrogen-bond acceptors (Lipinski definition) is 5. The summed E-state index contributed by atoms with van der Waals surface area (Å²) in [6.45, 7) is 0.761. The molecule has 2 fully saturated rings. The van der Waals surface area contributed by atoms with Crippen LogP contribution in [-0.2, 0) is 14.6 Å². The standard InChI is InChI=1S/C23H23ClF2N2O2S2/c24-15-4-7-17(8-5-15)32(29,30)23(19-13-16(25)6-9-20(19)26)11-10-21-18(14-23)22-3-1-2-12-28(22)31-27-21/h1-2,4-9,13,18,21-22,27H,3,10-12,14H2/t18-,21+,22-,23-/m1/s1. The third-order valence-corrected chi connectivity index (χ3v) is 10.8. The van der Waals surface area contributed by atoms with Crippen LogP contribution in [0.1, 0.15) is 31.2 Å². The molecule has 0 unspecified atom stereocenters. The molecule has 5 rings (SSSR count). The molecular weight excluding hydrogens is 474 g/mol. The molecule has 2 aromatic rings. The van der Waals surface area contributed by atoms with Gasteiger partial charge < -0.3 is 0 Å². The van der Waals surface area contributed by atoms with Crippen molar-refractivity contribution < 1.29 is 17.2 Å². The highest BCUT2D eigenvalue weighted by Gasteiger charge is 2.55. The maximum Gasteiger partial charge on any atom is 0.188 e. The average Bonchev–Trinajstić information content (AvgIpc) is 2.80. The Kier molecular flexibility index (Phi) is 5.87. The summed E-state index contributed by atoms with van der Waals surface area (Å²) in [5, 5.41) is 0.414. The highest BCUT2D eigenvalue weighted by molar-refractivity contribution is 7.95. The molecule has 4 atom stereocenters. The fourth-order valence-electron chi connectivity index (χ4n) is 5.39. The first-order valence-corrected chi connectivity index (χ1v) is 13.3. The van der Waals surface area contributed by atoms with Gasteiger partial charge in [0.05, 0.1) is 4.90 Å². The van der Waals surface area contributed by atoms with Crippen molar-refractivity contribution in [2.45, 2.75) is 47.4 Å². The lowest BCUT2D eigenvalue weighted by Crippen LogP contribution is -2.59. The Morgan fingerprint density at radius 2 is 1.91 bits per heavy atom. The maximum absolute atomic E-state index is 15.2. The molecule has 9 heteroatoms. The van der Waals surface area contributed by atoms with Gasteiger partial charge in [0.1, 0.15) is 16.4 Å². The molecule has 1 aliphatic carbocycles. The first kappa shape index (κ1) is 22.3. The molecule has 170 valence electrons. The zero-order valence-corrected chi connectivity index (χ0v) is 19.6. The van der Waals surface area contributed by atoms with Crippen molar-refractivity contribution in [2.75, 3.05) is 6.54 Å². The third kappa shape index (κ3) is 3.60. The highest BCUT2D eigenvalue weighted by atomic mass is 35.5. The molecule has 0 amide bonds. The maximum atomic E-state index is 15.2. The van der Waals surface area contributed by atoms with Crippen LogP contribution >= 0.6 is 23.7 Å². The van der Waals surface area contributed by atoms with Crippen LogP contribution in [0.15, 0.2) is 59.5 Å². The number of nitrogens with zero attached hydrogens (tertiary/aromatic N) is 1. The summed E-state index contributed by atoms with van der Waals surface area (Å²) < 4.78 is 61.9. The molecule has 0 aromatic heterocycles.